The third kappa shape index (κ3) is 7.93. The van der Waals surface area contributed by atoms with E-state index in [2.05, 4.69) is 80.8 Å². The molecule has 0 unspecified atom stereocenters. The summed E-state index contributed by atoms with van der Waals surface area (Å²) in [7, 11) is 0. The van der Waals surface area contributed by atoms with Crippen molar-refractivity contribution in [2.75, 3.05) is 26.2 Å². The Kier molecular flexibility index (Phi) is 9.45. The number of aromatic hydroxyl groups is 2. The zero-order valence-corrected chi connectivity index (χ0v) is 23.8. The Balaban J connectivity index is 1.81. The van der Waals surface area contributed by atoms with E-state index in [0.717, 1.165) is 57.4 Å². The lowest BCUT2D eigenvalue weighted by Gasteiger charge is -2.27. The fourth-order valence-electron chi connectivity index (χ4n) is 4.24. The summed E-state index contributed by atoms with van der Waals surface area (Å²) in [5.74, 6) is 0.702. The molecule has 8 heteroatoms. The number of fused-ring (bicyclic) bond motifs is 4. The quantitative estimate of drug-likeness (QED) is 0.263. The average molecular weight is 598 g/mol. The van der Waals surface area contributed by atoms with E-state index < -0.39 is 0 Å². The Hall–Kier alpha value is -1.16. The Morgan fingerprint density at radius 2 is 0.794 bits per heavy atom. The highest BCUT2D eigenvalue weighted by molar-refractivity contribution is 9.10. The molecular weight excluding hydrogens is 560 g/mol. The first-order chi connectivity index (χ1) is 16.0. The summed E-state index contributed by atoms with van der Waals surface area (Å²) >= 11 is 7.20. The Labute approximate surface area is 220 Å². The first kappa shape index (κ1) is 27.4. The van der Waals surface area contributed by atoms with Gasteiger partial charge < -0.3 is 31.5 Å². The molecule has 1 aliphatic heterocycles. The second-order valence-electron chi connectivity index (χ2n) is 10.9. The molecule has 188 valence electrons. The van der Waals surface area contributed by atoms with Crippen LogP contribution in [0.15, 0.2) is 33.2 Å². The monoisotopic (exact) mass is 596 g/mol. The van der Waals surface area contributed by atoms with Crippen molar-refractivity contribution in [1.29, 1.82) is 0 Å². The molecule has 1 aliphatic rings. The molecule has 0 amide bonds. The molecule has 0 saturated heterocycles. The van der Waals surface area contributed by atoms with E-state index in [1.807, 2.05) is 24.3 Å². The molecule has 0 aliphatic carbocycles. The summed E-state index contributed by atoms with van der Waals surface area (Å²) in [5.41, 5.74) is 3.52. The van der Waals surface area contributed by atoms with Crippen LogP contribution < -0.4 is 21.3 Å². The van der Waals surface area contributed by atoms with Crippen LogP contribution in [-0.2, 0) is 26.2 Å². The number of rotatable bonds is 0. The first-order valence-corrected chi connectivity index (χ1v) is 13.4. The van der Waals surface area contributed by atoms with Gasteiger partial charge in [0.15, 0.2) is 0 Å². The molecule has 3 rings (SSSR count). The maximum Gasteiger partial charge on any atom is 0.124 e. The zero-order chi connectivity index (χ0) is 24.9. The Morgan fingerprint density at radius 3 is 1.03 bits per heavy atom. The number of halogens is 2. The minimum absolute atomic E-state index is 0.00947. The van der Waals surface area contributed by atoms with Crippen LogP contribution in [0.25, 0.3) is 0 Å². The van der Waals surface area contributed by atoms with E-state index in [0.29, 0.717) is 37.7 Å². The topological polar surface area (TPSA) is 88.6 Å². The fourth-order valence-corrected chi connectivity index (χ4v) is 5.35. The predicted molar refractivity (Wildman–Crippen MR) is 146 cm³/mol. The lowest BCUT2D eigenvalue weighted by molar-refractivity contribution is 0.313. The van der Waals surface area contributed by atoms with Gasteiger partial charge in [0.2, 0.25) is 0 Å². The second-order valence-corrected chi connectivity index (χ2v) is 12.7. The third-order valence-corrected chi connectivity index (χ3v) is 7.06. The molecule has 0 saturated carbocycles. The van der Waals surface area contributed by atoms with E-state index in [-0.39, 0.29) is 10.8 Å². The van der Waals surface area contributed by atoms with Gasteiger partial charge in [0.25, 0.3) is 0 Å². The molecule has 1 heterocycles. The maximum absolute atomic E-state index is 10.9. The van der Waals surface area contributed by atoms with Crippen LogP contribution in [0, 0.1) is 10.8 Å². The van der Waals surface area contributed by atoms with Crippen molar-refractivity contribution in [1.82, 2.24) is 21.3 Å². The number of nitrogens with one attached hydrogen (secondary N) is 4. The minimum Gasteiger partial charge on any atom is -0.507 e. The highest BCUT2D eigenvalue weighted by Crippen LogP contribution is 2.29. The molecule has 2 aromatic rings. The van der Waals surface area contributed by atoms with E-state index in [9.17, 15) is 10.2 Å². The van der Waals surface area contributed by atoms with Crippen molar-refractivity contribution in [2.45, 2.75) is 53.9 Å². The van der Waals surface area contributed by atoms with Crippen LogP contribution >= 0.6 is 31.9 Å². The van der Waals surface area contributed by atoms with Gasteiger partial charge in [0, 0.05) is 83.6 Å². The van der Waals surface area contributed by atoms with E-state index in [1.54, 1.807) is 0 Å². The molecule has 0 fully saturated rings. The molecule has 6 nitrogen and oxygen atoms in total. The predicted octanol–water partition coefficient (Wildman–Crippen LogP) is 4.75. The second kappa shape index (κ2) is 11.7. The molecule has 0 aromatic heterocycles. The standard InChI is InChI=1S/C26H38Br2N4O2/c1-25(2)13-29-9-17-5-21(27)7-19(23(17)33)11-31-15-26(3,4)16-32-12-20-8-22(28)6-18(24(20)34)10-30-14-25/h5-8,29-34H,9-16H2,1-4H3. The van der Waals surface area contributed by atoms with Crippen molar-refractivity contribution in [3.63, 3.8) is 0 Å². The Morgan fingerprint density at radius 1 is 0.559 bits per heavy atom. The summed E-state index contributed by atoms with van der Waals surface area (Å²) in [6, 6.07) is 7.91. The molecule has 6 N–H and O–H groups in total. The summed E-state index contributed by atoms with van der Waals surface area (Å²) < 4.78 is 1.94. The number of hydrogen-bond acceptors (Lipinski definition) is 6. The normalized spacial score (nSPS) is 19.9. The zero-order valence-electron chi connectivity index (χ0n) is 20.6. The lowest BCUT2D eigenvalue weighted by atomic mass is 9.92. The fraction of sp³-hybridized carbons (Fsp3) is 0.538. The molecule has 0 spiro atoms. The SMILES string of the molecule is CC1(C)CNCc2cc(Br)cc(c2O)CNCC(C)(C)CNCc2cc(Br)cc(c2O)CNC1. The Bertz CT molecular complexity index is 849. The first-order valence-electron chi connectivity index (χ1n) is 11.8. The number of phenols is 2. The van der Waals surface area contributed by atoms with Gasteiger partial charge in [0.1, 0.15) is 11.5 Å². The smallest absolute Gasteiger partial charge is 0.124 e. The summed E-state index contributed by atoms with van der Waals surface area (Å²) in [5, 5.41) is 35.8. The van der Waals surface area contributed by atoms with Crippen LogP contribution in [0.4, 0.5) is 0 Å². The third-order valence-electron chi connectivity index (χ3n) is 6.14. The largest absolute Gasteiger partial charge is 0.507 e. The van der Waals surface area contributed by atoms with Crippen LogP contribution in [0.1, 0.15) is 49.9 Å². The number of benzene rings is 2. The molecule has 2 aromatic carbocycles. The van der Waals surface area contributed by atoms with Gasteiger partial charge in [-0.3, -0.25) is 0 Å². The van der Waals surface area contributed by atoms with E-state index >= 15 is 0 Å². The van der Waals surface area contributed by atoms with Crippen molar-refractivity contribution >= 4 is 31.9 Å². The van der Waals surface area contributed by atoms with Crippen LogP contribution in [-0.4, -0.2) is 36.4 Å². The summed E-state index contributed by atoms with van der Waals surface area (Å²) in [6.07, 6.45) is 0. The number of phenolic OH excluding ortho intramolecular Hbond substituents is 2. The van der Waals surface area contributed by atoms with Crippen LogP contribution in [0.5, 0.6) is 11.5 Å². The summed E-state index contributed by atoms with van der Waals surface area (Å²) in [4.78, 5) is 0. The van der Waals surface area contributed by atoms with Gasteiger partial charge in [0.05, 0.1) is 0 Å². The van der Waals surface area contributed by atoms with Crippen molar-refractivity contribution < 1.29 is 10.2 Å². The minimum atomic E-state index is -0.00947. The maximum atomic E-state index is 10.9. The van der Waals surface area contributed by atoms with Crippen LogP contribution in [0.2, 0.25) is 0 Å². The van der Waals surface area contributed by atoms with Gasteiger partial charge in [-0.25, -0.2) is 0 Å². The van der Waals surface area contributed by atoms with Gasteiger partial charge >= 0.3 is 0 Å². The highest BCUT2D eigenvalue weighted by Gasteiger charge is 2.21. The van der Waals surface area contributed by atoms with E-state index in [4.69, 9.17) is 0 Å². The molecule has 4 bridgehead atoms. The summed E-state index contributed by atoms with van der Waals surface area (Å²) in [6.45, 7) is 14.3. The molecule has 0 atom stereocenters. The van der Waals surface area contributed by atoms with Crippen molar-refractivity contribution in [2.24, 2.45) is 10.8 Å². The van der Waals surface area contributed by atoms with Crippen LogP contribution in [0.3, 0.4) is 0 Å². The van der Waals surface area contributed by atoms with Crippen molar-refractivity contribution in [3.8, 4) is 11.5 Å². The van der Waals surface area contributed by atoms with Gasteiger partial charge in [-0.15, -0.1) is 0 Å². The molecule has 34 heavy (non-hydrogen) atoms. The van der Waals surface area contributed by atoms with Gasteiger partial charge in [-0.2, -0.15) is 0 Å². The lowest BCUT2D eigenvalue weighted by Crippen LogP contribution is -2.38. The van der Waals surface area contributed by atoms with Gasteiger partial charge in [-0.05, 0) is 35.1 Å². The highest BCUT2D eigenvalue weighted by atomic mass is 79.9. The van der Waals surface area contributed by atoms with E-state index in [1.165, 1.54) is 0 Å². The average Bonchev–Trinajstić information content (AvgIpc) is 2.73. The van der Waals surface area contributed by atoms with Crippen molar-refractivity contribution in [3.05, 3.63) is 55.5 Å². The van der Waals surface area contributed by atoms with Gasteiger partial charge in [-0.1, -0.05) is 59.6 Å². The molecule has 0 radical (unpaired) electrons. The number of hydrogen-bond donors (Lipinski definition) is 6. The molecular formula is C26H38Br2N4O2.